The third kappa shape index (κ3) is 6.21. The number of fused-ring (bicyclic) bond motifs is 2. The number of hydrogen-bond donors (Lipinski definition) is 0. The predicted molar refractivity (Wildman–Crippen MR) is 233 cm³/mol. The lowest BCUT2D eigenvalue weighted by molar-refractivity contribution is 1.22. The molecule has 3 heteroatoms. The fraction of sp³-hybridized carbons (Fsp3) is 0. The van der Waals surface area contributed by atoms with Crippen LogP contribution in [0.5, 0.6) is 0 Å². The maximum absolute atomic E-state index is 4.99. The maximum atomic E-state index is 4.99. The lowest BCUT2D eigenvalue weighted by Gasteiger charge is -2.18. The second-order valence-corrected chi connectivity index (χ2v) is 14.0. The highest BCUT2D eigenvalue weighted by molar-refractivity contribution is 6.21. The van der Waals surface area contributed by atoms with Gasteiger partial charge in [0.25, 0.3) is 0 Å². The summed E-state index contributed by atoms with van der Waals surface area (Å²) in [7, 11) is 0. The number of nitrogens with zero attached hydrogens (tertiary/aromatic N) is 3. The van der Waals surface area contributed by atoms with Crippen molar-refractivity contribution in [1.29, 1.82) is 0 Å². The molecule has 7 aromatic carbocycles. The molecule has 3 nitrogen and oxygen atoms in total. The molecule has 0 aliphatic carbocycles. The van der Waals surface area contributed by atoms with Crippen LogP contribution in [0.2, 0.25) is 0 Å². The molecule has 0 aliphatic rings. The van der Waals surface area contributed by atoms with E-state index in [0.29, 0.717) is 0 Å². The third-order valence-corrected chi connectivity index (χ3v) is 10.6. The number of rotatable bonds is 7. The van der Waals surface area contributed by atoms with Gasteiger partial charge in [0.05, 0.1) is 22.8 Å². The molecule has 10 aromatic rings. The van der Waals surface area contributed by atoms with Crippen molar-refractivity contribution in [2.45, 2.75) is 0 Å². The van der Waals surface area contributed by atoms with Gasteiger partial charge >= 0.3 is 0 Å². The van der Waals surface area contributed by atoms with Crippen molar-refractivity contribution < 1.29 is 0 Å². The van der Waals surface area contributed by atoms with Gasteiger partial charge in [-0.15, -0.1) is 0 Å². The largest absolute Gasteiger partial charge is 0.255 e. The molecule has 0 unspecified atom stereocenters. The molecule has 0 aliphatic heterocycles. The molecule has 0 saturated carbocycles. The van der Waals surface area contributed by atoms with Crippen LogP contribution in [0.25, 0.3) is 100.0 Å². The molecule has 10 rings (SSSR count). The van der Waals surface area contributed by atoms with Gasteiger partial charge in [-0.05, 0) is 102 Å². The molecule has 0 spiro atoms. The van der Waals surface area contributed by atoms with Gasteiger partial charge in [0.15, 0.2) is 0 Å². The summed E-state index contributed by atoms with van der Waals surface area (Å²) in [6.07, 6.45) is 3.74. The van der Waals surface area contributed by atoms with Crippen LogP contribution in [0.1, 0.15) is 0 Å². The summed E-state index contributed by atoms with van der Waals surface area (Å²) < 4.78 is 0. The van der Waals surface area contributed by atoms with E-state index in [0.717, 1.165) is 45.0 Å². The quantitative estimate of drug-likeness (QED) is 0.154. The van der Waals surface area contributed by atoms with Crippen molar-refractivity contribution in [3.8, 4) is 78.4 Å². The Hall–Kier alpha value is -7.49. The molecule has 3 aromatic heterocycles. The normalized spacial score (nSPS) is 11.2. The van der Waals surface area contributed by atoms with E-state index in [-0.39, 0.29) is 0 Å². The minimum Gasteiger partial charge on any atom is -0.255 e. The predicted octanol–water partition coefficient (Wildman–Crippen LogP) is 13.8. The van der Waals surface area contributed by atoms with E-state index >= 15 is 0 Å². The van der Waals surface area contributed by atoms with Gasteiger partial charge in [-0.25, -0.2) is 4.98 Å². The van der Waals surface area contributed by atoms with Gasteiger partial charge < -0.3 is 0 Å². The molecule has 56 heavy (non-hydrogen) atoms. The van der Waals surface area contributed by atoms with E-state index < -0.39 is 0 Å². The van der Waals surface area contributed by atoms with Gasteiger partial charge in [-0.1, -0.05) is 170 Å². The van der Waals surface area contributed by atoms with Gasteiger partial charge in [0.1, 0.15) is 0 Å². The van der Waals surface area contributed by atoms with Crippen LogP contribution in [0.3, 0.4) is 0 Å². The fourth-order valence-corrected chi connectivity index (χ4v) is 7.86. The van der Waals surface area contributed by atoms with Gasteiger partial charge in [0, 0.05) is 18.0 Å². The zero-order valence-electron chi connectivity index (χ0n) is 30.5. The van der Waals surface area contributed by atoms with E-state index in [1.54, 1.807) is 6.20 Å². The van der Waals surface area contributed by atoms with Gasteiger partial charge in [-0.2, -0.15) is 0 Å². The number of pyridine rings is 3. The highest BCUT2D eigenvalue weighted by Crippen LogP contribution is 2.44. The minimum atomic E-state index is 0.811. The average Bonchev–Trinajstić information content (AvgIpc) is 3.29. The highest BCUT2D eigenvalue weighted by Gasteiger charge is 2.17. The van der Waals surface area contributed by atoms with Crippen LogP contribution in [0.15, 0.2) is 213 Å². The third-order valence-electron chi connectivity index (χ3n) is 10.6. The van der Waals surface area contributed by atoms with E-state index in [4.69, 9.17) is 9.97 Å². The van der Waals surface area contributed by atoms with Crippen molar-refractivity contribution >= 4 is 21.5 Å². The molecule has 0 atom stereocenters. The van der Waals surface area contributed by atoms with Crippen molar-refractivity contribution in [2.24, 2.45) is 0 Å². The Labute approximate surface area is 326 Å². The highest BCUT2D eigenvalue weighted by atomic mass is 14.8. The lowest BCUT2D eigenvalue weighted by atomic mass is 9.86. The van der Waals surface area contributed by atoms with Crippen molar-refractivity contribution in [1.82, 2.24) is 15.0 Å². The van der Waals surface area contributed by atoms with Crippen LogP contribution >= 0.6 is 0 Å². The molecule has 3 heterocycles. The Balaban J connectivity index is 0.945. The molecule has 0 radical (unpaired) electrons. The van der Waals surface area contributed by atoms with Crippen molar-refractivity contribution in [2.75, 3.05) is 0 Å². The molecular weight excluding hydrogens is 679 g/mol. The number of benzene rings is 7. The Bertz CT molecular complexity index is 2840. The van der Waals surface area contributed by atoms with Crippen molar-refractivity contribution in [3.05, 3.63) is 213 Å². The number of hydrogen-bond acceptors (Lipinski definition) is 3. The minimum absolute atomic E-state index is 0.811. The Kier molecular flexibility index (Phi) is 8.51. The Morgan fingerprint density at radius 3 is 1.12 bits per heavy atom. The smallest absolute Gasteiger partial charge is 0.0900 e. The first-order chi connectivity index (χ1) is 27.8. The van der Waals surface area contributed by atoms with Gasteiger partial charge in [0.2, 0.25) is 0 Å². The SMILES string of the molecule is c1ccc(-c2cc(-c3ccccn3)nc(-c3ccc(-c4ccc(-c5ccc(-c6c7ccccc7c(-c7ccccc7)c7ccccc67)cc5)cc4)cn3)c2)cc1. The summed E-state index contributed by atoms with van der Waals surface area (Å²) in [5.41, 5.74) is 15.0. The zero-order chi connectivity index (χ0) is 37.3. The van der Waals surface area contributed by atoms with E-state index in [9.17, 15) is 0 Å². The molecule has 0 amide bonds. The molecule has 0 bridgehead atoms. The zero-order valence-corrected chi connectivity index (χ0v) is 30.5. The lowest BCUT2D eigenvalue weighted by Crippen LogP contribution is -1.94. The summed E-state index contributed by atoms with van der Waals surface area (Å²) in [5.74, 6) is 0. The second-order valence-electron chi connectivity index (χ2n) is 14.0. The summed E-state index contributed by atoms with van der Waals surface area (Å²) in [6.45, 7) is 0. The average molecular weight is 714 g/mol. The molecule has 262 valence electrons. The summed E-state index contributed by atoms with van der Waals surface area (Å²) in [5, 5.41) is 5.05. The fourth-order valence-electron chi connectivity index (χ4n) is 7.86. The van der Waals surface area contributed by atoms with Crippen LogP contribution in [0, 0.1) is 0 Å². The topological polar surface area (TPSA) is 38.7 Å². The molecule has 0 saturated heterocycles. The van der Waals surface area contributed by atoms with Crippen LogP contribution in [-0.4, -0.2) is 15.0 Å². The maximum Gasteiger partial charge on any atom is 0.0900 e. The van der Waals surface area contributed by atoms with Gasteiger partial charge in [-0.3, -0.25) is 9.97 Å². The Morgan fingerprint density at radius 2 is 0.643 bits per heavy atom. The summed E-state index contributed by atoms with van der Waals surface area (Å²) in [6, 6.07) is 70.8. The molecule has 0 fully saturated rings. The van der Waals surface area contributed by atoms with Crippen LogP contribution in [-0.2, 0) is 0 Å². The van der Waals surface area contributed by atoms with E-state index in [1.807, 2.05) is 30.5 Å². The summed E-state index contributed by atoms with van der Waals surface area (Å²) in [4.78, 5) is 14.5. The monoisotopic (exact) mass is 713 g/mol. The summed E-state index contributed by atoms with van der Waals surface area (Å²) >= 11 is 0. The second kappa shape index (κ2) is 14.4. The van der Waals surface area contributed by atoms with E-state index in [2.05, 4.69) is 181 Å². The molecular formula is C53H35N3. The van der Waals surface area contributed by atoms with Crippen molar-refractivity contribution in [3.63, 3.8) is 0 Å². The van der Waals surface area contributed by atoms with Crippen LogP contribution in [0.4, 0.5) is 0 Å². The first-order valence-electron chi connectivity index (χ1n) is 18.9. The first kappa shape index (κ1) is 33.1. The van der Waals surface area contributed by atoms with Crippen LogP contribution < -0.4 is 0 Å². The number of aromatic nitrogens is 3. The Morgan fingerprint density at radius 1 is 0.250 bits per heavy atom. The first-order valence-corrected chi connectivity index (χ1v) is 18.9. The van der Waals surface area contributed by atoms with E-state index in [1.165, 1.54) is 54.9 Å². The molecule has 0 N–H and O–H groups in total. The standard InChI is InChI=1S/C53H35N3/c1-3-13-36(14-4-1)43-33-50(48-21-11-12-32-54-48)56-51(34-43)49-31-30-42(35-55-49)39-24-22-37(23-25-39)38-26-28-41(29-27-38)53-46-19-9-7-17-44(46)52(40-15-5-2-6-16-40)45-18-8-10-20-47(45)53/h1-35H.